The normalized spacial score (nSPS) is 11.4. The van der Waals surface area contributed by atoms with E-state index < -0.39 is 0 Å². The topological polar surface area (TPSA) is 59.6 Å². The molecule has 76 valence electrons. The molecule has 15 heavy (non-hydrogen) atoms. The molecule has 0 saturated heterocycles. The van der Waals surface area contributed by atoms with Crippen molar-refractivity contribution in [2.75, 3.05) is 6.54 Å². The van der Waals surface area contributed by atoms with Crippen LogP contribution in [0.1, 0.15) is 30.5 Å². The zero-order valence-corrected chi connectivity index (χ0v) is 8.70. The molecule has 0 aliphatic heterocycles. The first-order valence-electron chi connectivity index (χ1n) is 4.88. The third kappa shape index (κ3) is 3.42. The van der Waals surface area contributed by atoms with Crippen molar-refractivity contribution < 1.29 is 0 Å². The summed E-state index contributed by atoms with van der Waals surface area (Å²) >= 11 is 0. The maximum absolute atomic E-state index is 8.74. The molecular formula is C12H13N3. The van der Waals surface area contributed by atoms with Crippen LogP contribution in [0.3, 0.4) is 0 Å². The van der Waals surface area contributed by atoms with E-state index in [1.807, 2.05) is 25.1 Å². The van der Waals surface area contributed by atoms with Crippen molar-refractivity contribution in [1.82, 2.24) is 5.32 Å². The van der Waals surface area contributed by atoms with E-state index in [9.17, 15) is 0 Å². The van der Waals surface area contributed by atoms with Gasteiger partial charge in [-0.1, -0.05) is 12.1 Å². The highest BCUT2D eigenvalue weighted by Crippen LogP contribution is 2.13. The Morgan fingerprint density at radius 2 is 2.20 bits per heavy atom. The summed E-state index contributed by atoms with van der Waals surface area (Å²) in [6, 6.07) is 11.9. The Morgan fingerprint density at radius 1 is 1.40 bits per heavy atom. The molecule has 0 aliphatic rings. The Morgan fingerprint density at radius 3 is 2.87 bits per heavy atom. The largest absolute Gasteiger partial charge is 0.309 e. The lowest BCUT2D eigenvalue weighted by Crippen LogP contribution is -2.19. The van der Waals surface area contributed by atoms with E-state index >= 15 is 0 Å². The van der Waals surface area contributed by atoms with Gasteiger partial charge in [-0.15, -0.1) is 0 Å². The van der Waals surface area contributed by atoms with Crippen LogP contribution in [0.15, 0.2) is 24.3 Å². The lowest BCUT2D eigenvalue weighted by molar-refractivity contribution is 0.583. The minimum Gasteiger partial charge on any atom is -0.309 e. The molecule has 1 N–H and O–H groups in total. The Labute approximate surface area is 90.0 Å². The van der Waals surface area contributed by atoms with Crippen molar-refractivity contribution in [3.05, 3.63) is 35.4 Å². The fraction of sp³-hybridized carbons (Fsp3) is 0.333. The summed E-state index contributed by atoms with van der Waals surface area (Å²) in [5.41, 5.74) is 1.74. The summed E-state index contributed by atoms with van der Waals surface area (Å²) in [4.78, 5) is 0. The molecule has 0 fully saturated rings. The van der Waals surface area contributed by atoms with Gasteiger partial charge in [0.2, 0.25) is 0 Å². The molecule has 1 aromatic carbocycles. The molecule has 0 spiro atoms. The fourth-order valence-electron chi connectivity index (χ4n) is 1.34. The Hall–Kier alpha value is -1.84. The van der Waals surface area contributed by atoms with E-state index in [1.165, 1.54) is 0 Å². The molecule has 1 aromatic rings. The van der Waals surface area contributed by atoms with Crippen molar-refractivity contribution in [2.24, 2.45) is 0 Å². The van der Waals surface area contributed by atoms with Gasteiger partial charge in [0.25, 0.3) is 0 Å². The Kier molecular flexibility index (Phi) is 4.34. The molecule has 0 radical (unpaired) electrons. The van der Waals surface area contributed by atoms with Gasteiger partial charge in [-0.3, -0.25) is 0 Å². The minimum absolute atomic E-state index is 0.173. The second-order valence-electron chi connectivity index (χ2n) is 3.32. The van der Waals surface area contributed by atoms with E-state index in [4.69, 9.17) is 10.5 Å². The molecule has 3 heteroatoms. The van der Waals surface area contributed by atoms with Gasteiger partial charge < -0.3 is 5.32 Å². The number of nitrogens with one attached hydrogen (secondary N) is 1. The number of benzene rings is 1. The van der Waals surface area contributed by atoms with Crippen molar-refractivity contribution in [3.63, 3.8) is 0 Å². The van der Waals surface area contributed by atoms with Crippen LogP contribution in [0.5, 0.6) is 0 Å². The van der Waals surface area contributed by atoms with Crippen LogP contribution in [-0.4, -0.2) is 6.54 Å². The maximum atomic E-state index is 8.74. The first-order chi connectivity index (χ1) is 7.27. The van der Waals surface area contributed by atoms with E-state index in [1.54, 1.807) is 6.07 Å². The van der Waals surface area contributed by atoms with Crippen LogP contribution in [0, 0.1) is 22.7 Å². The number of nitriles is 2. The third-order valence-electron chi connectivity index (χ3n) is 2.20. The number of hydrogen-bond donors (Lipinski definition) is 1. The van der Waals surface area contributed by atoms with Crippen LogP contribution in [-0.2, 0) is 0 Å². The summed E-state index contributed by atoms with van der Waals surface area (Å²) in [6.07, 6.45) is 0.502. The second-order valence-corrected chi connectivity index (χ2v) is 3.32. The van der Waals surface area contributed by atoms with Gasteiger partial charge in [0.1, 0.15) is 0 Å². The molecule has 0 aromatic heterocycles. The molecule has 0 heterocycles. The quantitative estimate of drug-likeness (QED) is 0.755. The first kappa shape index (κ1) is 11.2. The highest BCUT2D eigenvalue weighted by molar-refractivity contribution is 5.33. The highest BCUT2D eigenvalue weighted by Gasteiger charge is 2.04. The van der Waals surface area contributed by atoms with Crippen LogP contribution < -0.4 is 5.32 Å². The van der Waals surface area contributed by atoms with Gasteiger partial charge in [-0.25, -0.2) is 0 Å². The molecular weight excluding hydrogens is 186 g/mol. The van der Waals surface area contributed by atoms with Crippen LogP contribution in [0.25, 0.3) is 0 Å². The maximum Gasteiger partial charge on any atom is 0.0991 e. The van der Waals surface area contributed by atoms with Crippen molar-refractivity contribution in [2.45, 2.75) is 19.4 Å². The molecule has 0 amide bonds. The van der Waals surface area contributed by atoms with Crippen LogP contribution in [0.4, 0.5) is 0 Å². The van der Waals surface area contributed by atoms with Crippen molar-refractivity contribution >= 4 is 0 Å². The van der Waals surface area contributed by atoms with E-state index in [0.29, 0.717) is 18.5 Å². The molecule has 0 aliphatic carbocycles. The van der Waals surface area contributed by atoms with E-state index in [-0.39, 0.29) is 6.04 Å². The van der Waals surface area contributed by atoms with Gasteiger partial charge in [-0.2, -0.15) is 10.5 Å². The molecule has 3 nitrogen and oxygen atoms in total. The first-order valence-corrected chi connectivity index (χ1v) is 4.88. The van der Waals surface area contributed by atoms with Gasteiger partial charge >= 0.3 is 0 Å². The van der Waals surface area contributed by atoms with Gasteiger partial charge in [0, 0.05) is 19.0 Å². The van der Waals surface area contributed by atoms with E-state index in [2.05, 4.69) is 17.5 Å². The minimum atomic E-state index is 0.173. The van der Waals surface area contributed by atoms with Gasteiger partial charge in [0.05, 0.1) is 17.7 Å². The molecule has 0 bridgehead atoms. The average molecular weight is 199 g/mol. The number of hydrogen-bond acceptors (Lipinski definition) is 3. The second kappa shape index (κ2) is 5.80. The lowest BCUT2D eigenvalue weighted by Gasteiger charge is -2.12. The number of rotatable bonds is 4. The van der Waals surface area contributed by atoms with Crippen LogP contribution >= 0.6 is 0 Å². The van der Waals surface area contributed by atoms with Gasteiger partial charge in [-0.05, 0) is 24.6 Å². The number of nitrogens with zero attached hydrogens (tertiary/aromatic N) is 2. The SMILES string of the molecule is CC(NCCC#N)c1cccc(C#N)c1. The summed E-state index contributed by atoms with van der Waals surface area (Å²) < 4.78 is 0. The highest BCUT2D eigenvalue weighted by atomic mass is 14.9. The molecule has 0 saturated carbocycles. The van der Waals surface area contributed by atoms with Crippen molar-refractivity contribution in [1.29, 1.82) is 10.5 Å². The Bertz CT molecular complexity index is 398. The molecule has 1 atom stereocenters. The van der Waals surface area contributed by atoms with Crippen molar-refractivity contribution in [3.8, 4) is 12.1 Å². The molecule has 1 rings (SSSR count). The van der Waals surface area contributed by atoms with Crippen LogP contribution in [0.2, 0.25) is 0 Å². The summed E-state index contributed by atoms with van der Waals surface area (Å²) in [5, 5.41) is 20.4. The fourth-order valence-corrected chi connectivity index (χ4v) is 1.34. The smallest absolute Gasteiger partial charge is 0.0991 e. The lowest BCUT2D eigenvalue weighted by atomic mass is 10.1. The summed E-state index contributed by atoms with van der Waals surface area (Å²) in [6.45, 7) is 2.70. The monoisotopic (exact) mass is 199 g/mol. The zero-order valence-electron chi connectivity index (χ0n) is 8.70. The van der Waals surface area contributed by atoms with E-state index in [0.717, 1.165) is 5.56 Å². The van der Waals surface area contributed by atoms with Gasteiger partial charge in [0.15, 0.2) is 0 Å². The predicted molar refractivity (Wildman–Crippen MR) is 57.8 cm³/mol. The third-order valence-corrected chi connectivity index (χ3v) is 2.20. The predicted octanol–water partition coefficient (Wildman–Crippen LogP) is 2.12. The standard InChI is InChI=1S/C12H13N3/c1-10(15-7-3-6-13)12-5-2-4-11(8-12)9-14/h2,4-5,8,10,15H,3,7H2,1H3. The average Bonchev–Trinajstić information content (AvgIpc) is 2.29. The molecule has 1 unspecified atom stereocenters. The summed E-state index contributed by atoms with van der Waals surface area (Å²) in [5.74, 6) is 0. The Balaban J connectivity index is 2.62. The summed E-state index contributed by atoms with van der Waals surface area (Å²) in [7, 11) is 0. The zero-order chi connectivity index (χ0) is 11.1.